The molecule has 0 amide bonds. The van der Waals surface area contributed by atoms with Crippen LogP contribution in [-0.4, -0.2) is 42.5 Å². The number of rotatable bonds is 5. The predicted octanol–water partition coefficient (Wildman–Crippen LogP) is 3.33. The van der Waals surface area contributed by atoms with Gasteiger partial charge in [-0.2, -0.15) is 0 Å². The van der Waals surface area contributed by atoms with Crippen molar-refractivity contribution in [3.63, 3.8) is 0 Å². The van der Waals surface area contributed by atoms with Gasteiger partial charge in [0.25, 0.3) is 0 Å². The minimum Gasteiger partial charge on any atom is -0.373 e. The standard InChI is InChI=1S/C17H22FNO2.ClH/c1-13-11-19(12-14(2)21-13)10-9-17(20)8-5-15-3-6-16(18)7-4-15;/h3-8,13-14H,9-12H2,1-2H3;1H. The second-order valence-corrected chi connectivity index (χ2v) is 5.62. The Hall–Kier alpha value is -1.23. The van der Waals surface area contributed by atoms with Gasteiger partial charge in [-0.15, -0.1) is 12.4 Å². The number of halogens is 2. The minimum absolute atomic E-state index is 0. The molecule has 1 aromatic carbocycles. The van der Waals surface area contributed by atoms with Crippen molar-refractivity contribution in [3.8, 4) is 0 Å². The Morgan fingerprint density at radius 1 is 1.27 bits per heavy atom. The second kappa shape index (κ2) is 9.03. The number of carbonyl (C=O) groups excluding carboxylic acids is 1. The third kappa shape index (κ3) is 6.26. The zero-order chi connectivity index (χ0) is 15.2. The molecular weight excluding hydrogens is 305 g/mol. The van der Waals surface area contributed by atoms with Gasteiger partial charge in [0.1, 0.15) is 5.82 Å². The van der Waals surface area contributed by atoms with Gasteiger partial charge in [0.05, 0.1) is 12.2 Å². The van der Waals surface area contributed by atoms with Crippen LogP contribution in [-0.2, 0) is 9.53 Å². The SMILES string of the molecule is CC1CN(CCC(=O)C=Cc2ccc(F)cc2)CC(C)O1.Cl. The lowest BCUT2D eigenvalue weighted by atomic mass is 10.1. The molecule has 0 radical (unpaired) electrons. The van der Waals surface area contributed by atoms with Crippen LogP contribution in [0.4, 0.5) is 4.39 Å². The Bertz CT molecular complexity index is 494. The summed E-state index contributed by atoms with van der Waals surface area (Å²) in [7, 11) is 0. The molecule has 2 unspecified atom stereocenters. The van der Waals surface area contributed by atoms with Gasteiger partial charge in [-0.25, -0.2) is 4.39 Å². The maximum atomic E-state index is 12.8. The van der Waals surface area contributed by atoms with Crippen LogP contribution in [0, 0.1) is 5.82 Å². The molecule has 122 valence electrons. The van der Waals surface area contributed by atoms with E-state index in [1.807, 2.05) is 0 Å². The fourth-order valence-electron chi connectivity index (χ4n) is 2.58. The summed E-state index contributed by atoms with van der Waals surface area (Å²) in [6.07, 6.45) is 4.24. The summed E-state index contributed by atoms with van der Waals surface area (Å²) >= 11 is 0. The summed E-state index contributed by atoms with van der Waals surface area (Å²) in [5.74, 6) is -0.180. The van der Waals surface area contributed by atoms with Gasteiger partial charge in [-0.3, -0.25) is 9.69 Å². The second-order valence-electron chi connectivity index (χ2n) is 5.62. The van der Waals surface area contributed by atoms with E-state index in [2.05, 4.69) is 18.7 Å². The maximum Gasteiger partial charge on any atom is 0.156 e. The molecule has 0 bridgehead atoms. The maximum absolute atomic E-state index is 12.8. The van der Waals surface area contributed by atoms with Crippen molar-refractivity contribution in [2.45, 2.75) is 32.5 Å². The first kappa shape index (κ1) is 18.8. The summed E-state index contributed by atoms with van der Waals surface area (Å²) < 4.78 is 18.4. The molecule has 1 aliphatic heterocycles. The van der Waals surface area contributed by atoms with E-state index >= 15 is 0 Å². The number of nitrogens with zero attached hydrogens (tertiary/aromatic N) is 1. The Labute approximate surface area is 137 Å². The van der Waals surface area contributed by atoms with E-state index in [0.717, 1.165) is 25.2 Å². The zero-order valence-corrected chi connectivity index (χ0v) is 13.8. The number of hydrogen-bond donors (Lipinski definition) is 0. The average molecular weight is 328 g/mol. The van der Waals surface area contributed by atoms with E-state index in [1.54, 1.807) is 24.3 Å². The molecular formula is C17H23ClFNO2. The Kier molecular flexibility index (Phi) is 7.73. The van der Waals surface area contributed by atoms with E-state index in [0.29, 0.717) is 6.42 Å². The number of hydrogen-bond acceptors (Lipinski definition) is 3. The van der Waals surface area contributed by atoms with Gasteiger partial charge >= 0.3 is 0 Å². The van der Waals surface area contributed by atoms with Crippen LogP contribution in [0.3, 0.4) is 0 Å². The van der Waals surface area contributed by atoms with Crippen molar-refractivity contribution in [1.82, 2.24) is 4.90 Å². The van der Waals surface area contributed by atoms with Crippen LogP contribution < -0.4 is 0 Å². The molecule has 3 nitrogen and oxygen atoms in total. The van der Waals surface area contributed by atoms with Crippen LogP contribution >= 0.6 is 12.4 Å². The lowest BCUT2D eigenvalue weighted by Crippen LogP contribution is -2.45. The first-order valence-electron chi connectivity index (χ1n) is 7.37. The minimum atomic E-state index is -0.269. The highest BCUT2D eigenvalue weighted by Gasteiger charge is 2.21. The molecule has 1 aliphatic rings. The third-order valence-corrected chi connectivity index (χ3v) is 3.50. The van der Waals surface area contributed by atoms with Gasteiger partial charge in [-0.05, 0) is 37.6 Å². The lowest BCUT2D eigenvalue weighted by molar-refractivity contribution is -0.116. The van der Waals surface area contributed by atoms with E-state index in [4.69, 9.17) is 4.74 Å². The molecule has 1 heterocycles. The Morgan fingerprint density at radius 3 is 2.45 bits per heavy atom. The molecule has 0 spiro atoms. The van der Waals surface area contributed by atoms with Crippen molar-refractivity contribution in [1.29, 1.82) is 0 Å². The molecule has 1 aromatic rings. The number of allylic oxidation sites excluding steroid dienone is 1. The lowest BCUT2D eigenvalue weighted by Gasteiger charge is -2.35. The fraction of sp³-hybridized carbons (Fsp3) is 0.471. The molecule has 0 N–H and O–H groups in total. The van der Waals surface area contributed by atoms with Crippen LogP contribution in [0.5, 0.6) is 0 Å². The highest BCUT2D eigenvalue weighted by molar-refractivity contribution is 5.93. The largest absolute Gasteiger partial charge is 0.373 e. The number of ketones is 1. The number of morpholine rings is 1. The number of benzene rings is 1. The highest BCUT2D eigenvalue weighted by atomic mass is 35.5. The molecule has 5 heteroatoms. The Morgan fingerprint density at radius 2 is 1.86 bits per heavy atom. The van der Waals surface area contributed by atoms with Gasteiger partial charge in [0.2, 0.25) is 0 Å². The van der Waals surface area contributed by atoms with E-state index < -0.39 is 0 Å². The molecule has 0 aromatic heterocycles. The highest BCUT2D eigenvalue weighted by Crippen LogP contribution is 2.11. The topological polar surface area (TPSA) is 29.5 Å². The zero-order valence-electron chi connectivity index (χ0n) is 13.0. The van der Waals surface area contributed by atoms with Crippen LogP contribution in [0.25, 0.3) is 6.08 Å². The first-order chi connectivity index (χ1) is 10.0. The normalized spacial score (nSPS) is 22.5. The van der Waals surface area contributed by atoms with Gasteiger partial charge in [0, 0.05) is 26.1 Å². The van der Waals surface area contributed by atoms with Gasteiger partial charge < -0.3 is 4.74 Å². The van der Waals surface area contributed by atoms with Crippen LogP contribution in [0.1, 0.15) is 25.8 Å². The summed E-state index contributed by atoms with van der Waals surface area (Å²) in [4.78, 5) is 14.1. The molecule has 2 rings (SSSR count). The van der Waals surface area contributed by atoms with Gasteiger partial charge in [-0.1, -0.05) is 18.2 Å². The molecule has 2 atom stereocenters. The number of ether oxygens (including phenoxy) is 1. The average Bonchev–Trinajstić information content (AvgIpc) is 2.43. The number of carbonyl (C=O) groups is 1. The monoisotopic (exact) mass is 327 g/mol. The van der Waals surface area contributed by atoms with Gasteiger partial charge in [0.15, 0.2) is 5.78 Å². The third-order valence-electron chi connectivity index (χ3n) is 3.50. The molecule has 0 saturated carbocycles. The molecule has 1 saturated heterocycles. The van der Waals surface area contributed by atoms with Crippen molar-refractivity contribution in [3.05, 3.63) is 41.7 Å². The molecule has 0 aliphatic carbocycles. The molecule has 22 heavy (non-hydrogen) atoms. The first-order valence-corrected chi connectivity index (χ1v) is 7.37. The van der Waals surface area contributed by atoms with E-state index in [9.17, 15) is 9.18 Å². The van der Waals surface area contributed by atoms with Crippen molar-refractivity contribution >= 4 is 24.3 Å². The summed E-state index contributed by atoms with van der Waals surface area (Å²) in [5.41, 5.74) is 0.832. The summed E-state index contributed by atoms with van der Waals surface area (Å²) in [5, 5.41) is 0. The van der Waals surface area contributed by atoms with E-state index in [1.165, 1.54) is 12.1 Å². The van der Waals surface area contributed by atoms with Crippen molar-refractivity contribution < 1.29 is 13.9 Å². The fourth-order valence-corrected chi connectivity index (χ4v) is 2.58. The summed E-state index contributed by atoms with van der Waals surface area (Å²) in [6.45, 7) is 6.61. The predicted molar refractivity (Wildman–Crippen MR) is 88.8 cm³/mol. The Balaban J connectivity index is 0.00000242. The van der Waals surface area contributed by atoms with Crippen LogP contribution in [0.15, 0.2) is 30.3 Å². The van der Waals surface area contributed by atoms with E-state index in [-0.39, 0.29) is 36.2 Å². The van der Waals surface area contributed by atoms with Crippen molar-refractivity contribution in [2.75, 3.05) is 19.6 Å². The summed E-state index contributed by atoms with van der Waals surface area (Å²) in [6, 6.07) is 6.09. The van der Waals surface area contributed by atoms with Crippen molar-refractivity contribution in [2.24, 2.45) is 0 Å². The smallest absolute Gasteiger partial charge is 0.156 e. The van der Waals surface area contributed by atoms with Crippen LogP contribution in [0.2, 0.25) is 0 Å². The quantitative estimate of drug-likeness (QED) is 0.777. The molecule has 1 fully saturated rings.